The number of halogens is 1. The second kappa shape index (κ2) is 7.95. The minimum atomic E-state index is -3.58. The number of fused-ring (bicyclic) bond motifs is 2. The van der Waals surface area contributed by atoms with E-state index in [0.717, 1.165) is 48.1 Å². The molecule has 5 rings (SSSR count). The lowest BCUT2D eigenvalue weighted by molar-refractivity contribution is 0.432. The average Bonchev–Trinajstić information content (AvgIpc) is 3.19. The van der Waals surface area contributed by atoms with E-state index in [1.165, 1.54) is 5.69 Å². The van der Waals surface area contributed by atoms with Gasteiger partial charge in [0.1, 0.15) is 0 Å². The largest absolute Gasteiger partial charge is 0.369 e. The zero-order chi connectivity index (χ0) is 19.1. The van der Waals surface area contributed by atoms with E-state index < -0.39 is 10.0 Å². The highest BCUT2D eigenvalue weighted by molar-refractivity contribution is 7.89. The summed E-state index contributed by atoms with van der Waals surface area (Å²) in [4.78, 5) is 2.76. The molecule has 1 N–H and O–H groups in total. The van der Waals surface area contributed by atoms with E-state index in [0.29, 0.717) is 18.0 Å². The summed E-state index contributed by atoms with van der Waals surface area (Å²) < 4.78 is 28.6. The molecule has 29 heavy (non-hydrogen) atoms. The van der Waals surface area contributed by atoms with Crippen LogP contribution in [-0.4, -0.2) is 38.9 Å². The smallest absolute Gasteiger partial charge is 0.244 e. The number of nitrogens with zero attached hydrogens (tertiary/aromatic N) is 2. The second-order valence-electron chi connectivity index (χ2n) is 7.40. The highest BCUT2D eigenvalue weighted by Gasteiger charge is 2.33. The van der Waals surface area contributed by atoms with E-state index in [4.69, 9.17) is 0 Å². The topological polar surface area (TPSA) is 52.7 Å². The van der Waals surface area contributed by atoms with Crippen molar-refractivity contribution in [2.75, 3.05) is 31.1 Å². The van der Waals surface area contributed by atoms with Gasteiger partial charge in [0, 0.05) is 50.3 Å². The number of piperazine rings is 1. The number of hydrogen-bond donors (Lipinski definition) is 1. The molecule has 0 unspecified atom stereocenters. The predicted molar refractivity (Wildman–Crippen MR) is 119 cm³/mol. The Kier molecular flexibility index (Phi) is 5.53. The van der Waals surface area contributed by atoms with Crippen molar-refractivity contribution in [3.05, 3.63) is 71.8 Å². The zero-order valence-electron chi connectivity index (χ0n) is 16.0. The quantitative estimate of drug-likeness (QED) is 0.693. The molecule has 0 bridgehead atoms. The van der Waals surface area contributed by atoms with E-state index in [9.17, 15) is 8.42 Å². The third kappa shape index (κ3) is 3.51. The third-order valence-corrected chi connectivity index (χ3v) is 7.60. The summed E-state index contributed by atoms with van der Waals surface area (Å²) in [5.74, 6) is 0. The number of anilines is 1. The Morgan fingerprint density at radius 3 is 2.38 bits per heavy atom. The van der Waals surface area contributed by atoms with Crippen molar-refractivity contribution in [1.82, 2.24) is 9.62 Å². The van der Waals surface area contributed by atoms with Crippen molar-refractivity contribution >= 4 is 38.9 Å². The first-order valence-electron chi connectivity index (χ1n) is 9.69. The summed E-state index contributed by atoms with van der Waals surface area (Å²) >= 11 is 0. The number of hydrogen-bond acceptors (Lipinski definition) is 4. The van der Waals surface area contributed by atoms with E-state index >= 15 is 0 Å². The molecular formula is C22H24ClN3O2S. The summed E-state index contributed by atoms with van der Waals surface area (Å²) in [5, 5.41) is 5.10. The first-order chi connectivity index (χ1) is 13.6. The van der Waals surface area contributed by atoms with Crippen molar-refractivity contribution < 1.29 is 8.42 Å². The Morgan fingerprint density at radius 2 is 1.55 bits per heavy atom. The van der Waals surface area contributed by atoms with Crippen LogP contribution < -0.4 is 10.2 Å². The molecule has 152 valence electrons. The molecule has 0 radical (unpaired) electrons. The number of sulfonamides is 1. The Hall–Kier alpha value is -2.12. The van der Waals surface area contributed by atoms with Gasteiger partial charge in [-0.1, -0.05) is 48.5 Å². The van der Waals surface area contributed by atoms with Gasteiger partial charge in [0.05, 0.1) is 4.90 Å². The van der Waals surface area contributed by atoms with Crippen LogP contribution in [-0.2, 0) is 23.1 Å². The highest BCUT2D eigenvalue weighted by atomic mass is 35.5. The molecule has 0 amide bonds. The molecule has 2 heterocycles. The molecule has 1 fully saturated rings. The number of benzene rings is 3. The predicted octanol–water partition coefficient (Wildman–Crippen LogP) is 3.38. The van der Waals surface area contributed by atoms with Crippen LogP contribution in [0.25, 0.3) is 10.8 Å². The van der Waals surface area contributed by atoms with Crippen LogP contribution in [0.1, 0.15) is 11.1 Å². The average molecular weight is 430 g/mol. The van der Waals surface area contributed by atoms with Crippen molar-refractivity contribution in [1.29, 1.82) is 0 Å². The normalized spacial score (nSPS) is 17.2. The summed E-state index contributed by atoms with van der Waals surface area (Å²) in [6.45, 7) is 4.68. The fourth-order valence-corrected chi connectivity index (χ4v) is 5.91. The van der Waals surface area contributed by atoms with Gasteiger partial charge in [0.15, 0.2) is 0 Å². The molecule has 2 aliphatic heterocycles. The number of rotatable bonds is 3. The summed E-state index contributed by atoms with van der Waals surface area (Å²) in [5.41, 5.74) is 3.43. The van der Waals surface area contributed by atoms with Gasteiger partial charge in [-0.3, -0.25) is 0 Å². The lowest BCUT2D eigenvalue weighted by atomic mass is 10.1. The van der Waals surface area contributed by atoms with Crippen LogP contribution in [0.3, 0.4) is 0 Å². The van der Waals surface area contributed by atoms with Gasteiger partial charge in [-0.2, -0.15) is 4.31 Å². The van der Waals surface area contributed by atoms with Gasteiger partial charge in [-0.15, -0.1) is 12.4 Å². The fraction of sp³-hybridized carbons (Fsp3) is 0.273. The maximum absolute atomic E-state index is 13.5. The Bertz CT molecular complexity index is 1140. The van der Waals surface area contributed by atoms with Crippen molar-refractivity contribution in [3.63, 3.8) is 0 Å². The van der Waals surface area contributed by atoms with E-state index in [1.807, 2.05) is 42.5 Å². The van der Waals surface area contributed by atoms with Gasteiger partial charge >= 0.3 is 0 Å². The van der Waals surface area contributed by atoms with Crippen LogP contribution in [0.2, 0.25) is 0 Å². The monoisotopic (exact) mass is 429 g/mol. The molecule has 0 atom stereocenters. The van der Waals surface area contributed by atoms with Crippen LogP contribution in [0.15, 0.2) is 65.6 Å². The van der Waals surface area contributed by atoms with Crippen LogP contribution in [0.4, 0.5) is 5.69 Å². The summed E-state index contributed by atoms with van der Waals surface area (Å²) in [6, 6.07) is 19.4. The molecule has 0 aromatic heterocycles. The van der Waals surface area contributed by atoms with Crippen molar-refractivity contribution in [2.45, 2.75) is 18.0 Å². The standard InChI is InChI=1S/C22H23N3O2S.ClH/c26-28(27,22-10-4-6-17-5-1-2-8-19(17)22)25-15-18-7-3-9-21(20(18)16-25)24-13-11-23-12-14-24;/h1-10,23H,11-16H2;1H. The summed E-state index contributed by atoms with van der Waals surface area (Å²) in [6.07, 6.45) is 0. The molecule has 5 nitrogen and oxygen atoms in total. The molecule has 1 saturated heterocycles. The Labute approximate surface area is 177 Å². The highest BCUT2D eigenvalue weighted by Crippen LogP contribution is 2.36. The fourth-order valence-electron chi connectivity index (χ4n) is 4.31. The second-order valence-corrected chi connectivity index (χ2v) is 9.31. The molecular weight excluding hydrogens is 406 g/mol. The molecule has 0 spiro atoms. The maximum Gasteiger partial charge on any atom is 0.244 e. The van der Waals surface area contributed by atoms with Gasteiger partial charge < -0.3 is 10.2 Å². The molecule has 3 aromatic rings. The lowest BCUT2D eigenvalue weighted by Crippen LogP contribution is -2.43. The Balaban J connectivity index is 0.00000205. The van der Waals surface area contributed by atoms with Crippen molar-refractivity contribution in [3.8, 4) is 0 Å². The van der Waals surface area contributed by atoms with E-state index in [-0.39, 0.29) is 12.4 Å². The Morgan fingerprint density at radius 1 is 0.828 bits per heavy atom. The first kappa shape index (κ1) is 20.2. The first-order valence-corrected chi connectivity index (χ1v) is 11.1. The minimum absolute atomic E-state index is 0. The zero-order valence-corrected chi connectivity index (χ0v) is 17.7. The van der Waals surface area contributed by atoms with Gasteiger partial charge in [-0.25, -0.2) is 8.42 Å². The van der Waals surface area contributed by atoms with E-state index in [1.54, 1.807) is 10.4 Å². The molecule has 0 aliphatic carbocycles. The molecule has 7 heteroatoms. The lowest BCUT2D eigenvalue weighted by Gasteiger charge is -2.31. The molecule has 2 aliphatic rings. The number of nitrogens with one attached hydrogen (secondary N) is 1. The van der Waals surface area contributed by atoms with Crippen LogP contribution in [0.5, 0.6) is 0 Å². The van der Waals surface area contributed by atoms with Crippen molar-refractivity contribution in [2.24, 2.45) is 0 Å². The van der Waals surface area contributed by atoms with Gasteiger partial charge in [0.25, 0.3) is 0 Å². The van der Waals surface area contributed by atoms with Gasteiger partial charge in [0.2, 0.25) is 10.0 Å². The molecule has 0 saturated carbocycles. The van der Waals surface area contributed by atoms with Crippen LogP contribution in [0, 0.1) is 0 Å². The van der Waals surface area contributed by atoms with Gasteiger partial charge in [-0.05, 0) is 28.6 Å². The summed E-state index contributed by atoms with van der Waals surface area (Å²) in [7, 11) is -3.58. The third-order valence-electron chi connectivity index (χ3n) is 5.75. The minimum Gasteiger partial charge on any atom is -0.369 e. The molecule has 3 aromatic carbocycles. The van der Waals surface area contributed by atoms with E-state index in [2.05, 4.69) is 22.3 Å². The maximum atomic E-state index is 13.5. The van der Waals surface area contributed by atoms with Crippen LogP contribution >= 0.6 is 12.4 Å². The SMILES string of the molecule is Cl.O=S(=O)(c1cccc2ccccc12)N1Cc2cccc(N3CCNCC3)c2C1.